The predicted molar refractivity (Wildman–Crippen MR) is 134 cm³/mol. The Bertz CT molecular complexity index is 1120. The lowest BCUT2D eigenvalue weighted by Crippen LogP contribution is -2.48. The van der Waals surface area contributed by atoms with Crippen LogP contribution in [0.25, 0.3) is 0 Å². The summed E-state index contributed by atoms with van der Waals surface area (Å²) in [7, 11) is 0. The third-order valence-electron chi connectivity index (χ3n) is 9.33. The second-order valence-electron chi connectivity index (χ2n) is 11.3. The number of aliphatic hydroxyl groups excluding tert-OH is 1. The van der Waals surface area contributed by atoms with Crippen LogP contribution in [0.15, 0.2) is 59.7 Å². The summed E-state index contributed by atoms with van der Waals surface area (Å²) in [5.74, 6) is 3.62. The van der Waals surface area contributed by atoms with Crippen LogP contribution >= 0.6 is 0 Å². The van der Waals surface area contributed by atoms with E-state index in [-0.39, 0.29) is 12.0 Å². The number of carbonyl (C=O) groups excluding carboxylic acids is 1. The Balaban J connectivity index is 1.28. The number of benzene rings is 2. The van der Waals surface area contributed by atoms with Crippen molar-refractivity contribution in [2.45, 2.75) is 70.8 Å². The smallest absolute Gasteiger partial charge is 0.165 e. The number of allylic oxidation sites excluding steroid dienone is 2. The second kappa shape index (κ2) is 8.68. The molecule has 2 aromatic carbocycles. The Hall–Kier alpha value is -2.39. The zero-order chi connectivity index (χ0) is 23.3. The van der Waals surface area contributed by atoms with Crippen LogP contribution in [-0.4, -0.2) is 17.5 Å². The van der Waals surface area contributed by atoms with Gasteiger partial charge in [-0.2, -0.15) is 0 Å². The van der Waals surface area contributed by atoms with Crippen molar-refractivity contribution in [3.8, 4) is 5.75 Å². The van der Waals surface area contributed by atoms with E-state index >= 15 is 0 Å². The fourth-order valence-corrected chi connectivity index (χ4v) is 7.67. The van der Waals surface area contributed by atoms with Crippen molar-refractivity contribution in [1.29, 1.82) is 0 Å². The van der Waals surface area contributed by atoms with Crippen LogP contribution in [0.2, 0.25) is 0 Å². The number of rotatable bonds is 8. The first-order valence-corrected chi connectivity index (χ1v) is 13.3. The fraction of sp³-hybridized carbons (Fsp3) is 0.516. The lowest BCUT2D eigenvalue weighted by Gasteiger charge is -2.52. The van der Waals surface area contributed by atoms with E-state index in [9.17, 15) is 9.90 Å². The van der Waals surface area contributed by atoms with Crippen LogP contribution in [0.5, 0.6) is 5.75 Å². The Morgan fingerprint density at radius 2 is 1.94 bits per heavy atom. The quantitative estimate of drug-likeness (QED) is 0.468. The van der Waals surface area contributed by atoms with E-state index in [1.807, 2.05) is 6.07 Å². The zero-order valence-electron chi connectivity index (χ0n) is 20.3. The van der Waals surface area contributed by atoms with E-state index in [1.165, 1.54) is 34.3 Å². The number of ketones is 1. The average Bonchev–Trinajstić information content (AvgIpc) is 3.61. The van der Waals surface area contributed by atoms with Gasteiger partial charge < -0.3 is 9.84 Å². The molecular weight excluding hydrogens is 420 g/mol. The molecule has 0 heterocycles. The molecule has 0 spiro atoms. The van der Waals surface area contributed by atoms with Gasteiger partial charge in [0.1, 0.15) is 12.4 Å². The summed E-state index contributed by atoms with van der Waals surface area (Å²) in [6, 6.07) is 17.1. The van der Waals surface area contributed by atoms with Crippen molar-refractivity contribution >= 4 is 5.78 Å². The van der Waals surface area contributed by atoms with Gasteiger partial charge in [0.25, 0.3) is 0 Å². The molecule has 3 heteroatoms. The van der Waals surface area contributed by atoms with E-state index in [4.69, 9.17) is 4.74 Å². The number of hydrogen-bond donors (Lipinski definition) is 1. The van der Waals surface area contributed by atoms with E-state index in [0.717, 1.165) is 50.7 Å². The Morgan fingerprint density at radius 1 is 1.09 bits per heavy atom. The highest BCUT2D eigenvalue weighted by Crippen LogP contribution is 2.68. The van der Waals surface area contributed by atoms with E-state index in [0.29, 0.717) is 36.1 Å². The van der Waals surface area contributed by atoms with Gasteiger partial charge in [0, 0.05) is 12.0 Å². The van der Waals surface area contributed by atoms with Crippen LogP contribution in [-0.2, 0) is 17.8 Å². The minimum atomic E-state index is -0.149. The summed E-state index contributed by atoms with van der Waals surface area (Å²) in [5.41, 5.74) is 6.69. The number of Topliss-reactive ketones (excluding diaryl/α,β-unsaturated/α-hetero) is 1. The molecule has 34 heavy (non-hydrogen) atoms. The summed E-state index contributed by atoms with van der Waals surface area (Å²) < 4.78 is 6.19. The highest BCUT2D eigenvalue weighted by Gasteiger charge is 2.63. The summed E-state index contributed by atoms with van der Waals surface area (Å²) in [5, 5.41) is 9.25. The zero-order valence-corrected chi connectivity index (χ0v) is 20.3. The summed E-state index contributed by atoms with van der Waals surface area (Å²) in [4.78, 5) is 13.2. The number of fused-ring (bicyclic) bond motifs is 6. The van der Waals surface area contributed by atoms with Crippen LogP contribution in [0.1, 0.15) is 74.5 Å². The van der Waals surface area contributed by atoms with E-state index in [2.05, 4.69) is 49.4 Å². The fourth-order valence-electron chi connectivity index (χ4n) is 7.67. The van der Waals surface area contributed by atoms with Gasteiger partial charge in [-0.25, -0.2) is 0 Å². The molecule has 0 unspecified atom stereocenters. The van der Waals surface area contributed by atoms with Gasteiger partial charge in [-0.05, 0) is 96.6 Å². The number of carbonyl (C=O) groups is 1. The monoisotopic (exact) mass is 456 g/mol. The Kier molecular flexibility index (Phi) is 5.64. The van der Waals surface area contributed by atoms with Crippen molar-refractivity contribution in [2.75, 3.05) is 6.61 Å². The molecule has 178 valence electrons. The molecule has 1 N–H and O–H groups in total. The van der Waals surface area contributed by atoms with Crippen LogP contribution < -0.4 is 4.74 Å². The van der Waals surface area contributed by atoms with E-state index in [1.54, 1.807) is 0 Å². The van der Waals surface area contributed by atoms with Gasteiger partial charge >= 0.3 is 0 Å². The molecule has 1 fully saturated rings. The first-order valence-electron chi connectivity index (χ1n) is 13.3. The van der Waals surface area contributed by atoms with Gasteiger partial charge in [-0.15, -0.1) is 0 Å². The molecule has 0 amide bonds. The molecule has 6 rings (SSSR count). The Morgan fingerprint density at radius 3 is 2.76 bits per heavy atom. The molecular formula is C31H36O3. The molecule has 1 saturated carbocycles. The molecule has 5 atom stereocenters. The third-order valence-corrected chi connectivity index (χ3v) is 9.33. The van der Waals surface area contributed by atoms with Gasteiger partial charge in [-0.1, -0.05) is 61.7 Å². The van der Waals surface area contributed by atoms with Crippen molar-refractivity contribution in [3.63, 3.8) is 0 Å². The average molecular weight is 457 g/mol. The topological polar surface area (TPSA) is 46.5 Å². The van der Waals surface area contributed by atoms with Gasteiger partial charge in [0.15, 0.2) is 5.78 Å². The predicted octanol–water partition coefficient (Wildman–Crippen LogP) is 6.39. The van der Waals surface area contributed by atoms with Crippen LogP contribution in [0.4, 0.5) is 0 Å². The first-order chi connectivity index (χ1) is 16.6. The molecule has 2 aromatic rings. The number of ether oxygens (including phenoxy) is 1. The van der Waals surface area contributed by atoms with Crippen LogP contribution in [0, 0.1) is 23.2 Å². The highest BCUT2D eigenvalue weighted by molar-refractivity contribution is 6.09. The molecule has 3 nitrogen and oxygen atoms in total. The van der Waals surface area contributed by atoms with Gasteiger partial charge in [0.2, 0.25) is 0 Å². The van der Waals surface area contributed by atoms with Gasteiger partial charge in [0.05, 0.1) is 0 Å². The minimum absolute atomic E-state index is 0.149. The van der Waals surface area contributed by atoms with Crippen LogP contribution in [0.3, 0.4) is 0 Å². The standard InChI is InChI=1S/C31H36O3/c1-31-14-13-25-24-12-11-23(34-19-20-8-4-2-5-9-20)17-22(24)16-21(10-6-3-7-15-32)28(25)29(31)26-18-27(26)30(31)33/h2,4-5,8-9,11-12,17,21,25,28-29,32H,3,6-7,10,13-16,18-19H2,1H3/t21-,25-,28-,29+,31+/m1/s1. The molecule has 0 aromatic heterocycles. The van der Waals surface area contributed by atoms with Gasteiger partial charge in [-0.3, -0.25) is 4.79 Å². The Labute approximate surface area is 203 Å². The van der Waals surface area contributed by atoms with E-state index < -0.39 is 0 Å². The summed E-state index contributed by atoms with van der Waals surface area (Å²) in [6.07, 6.45) is 8.55. The second-order valence-corrected chi connectivity index (χ2v) is 11.3. The lowest BCUT2D eigenvalue weighted by molar-refractivity contribution is -0.129. The third kappa shape index (κ3) is 3.64. The van der Waals surface area contributed by atoms with Crippen molar-refractivity contribution in [1.82, 2.24) is 0 Å². The molecule has 0 bridgehead atoms. The summed E-state index contributed by atoms with van der Waals surface area (Å²) in [6.45, 7) is 3.14. The number of hydrogen-bond acceptors (Lipinski definition) is 3. The van der Waals surface area contributed by atoms with Crippen molar-refractivity contribution in [3.05, 3.63) is 76.4 Å². The lowest BCUT2D eigenvalue weighted by atomic mass is 9.50. The van der Waals surface area contributed by atoms with Crippen molar-refractivity contribution < 1.29 is 14.6 Å². The number of aliphatic hydroxyl groups is 1. The first kappa shape index (κ1) is 22.1. The maximum absolute atomic E-state index is 13.2. The largest absolute Gasteiger partial charge is 0.489 e. The minimum Gasteiger partial charge on any atom is -0.489 e. The summed E-state index contributed by atoms with van der Waals surface area (Å²) >= 11 is 0. The normalized spacial score (nSPS) is 30.9. The molecule has 0 saturated heterocycles. The maximum Gasteiger partial charge on any atom is 0.165 e. The van der Waals surface area contributed by atoms with Crippen molar-refractivity contribution in [2.24, 2.45) is 23.2 Å². The maximum atomic E-state index is 13.2. The molecule has 4 aliphatic carbocycles. The molecule has 4 aliphatic rings. The molecule has 0 aliphatic heterocycles. The molecule has 0 radical (unpaired) electrons. The SMILES string of the molecule is C[C@]12CC[C@@H]3c4ccc(OCc5ccccc5)cc4C[C@@H](CCCCCO)[C@H]3[C@@H]1C1=C(C1)C2=O. The number of unbranched alkanes of at least 4 members (excludes halogenated alkanes) is 2. The highest BCUT2D eigenvalue weighted by atomic mass is 16.5.